The zero-order valence-corrected chi connectivity index (χ0v) is 19.1. The SMILES string of the molecule is COCCCNC(=NCc1nnc(C)n1C)NCCCOCC(C)C.I. The summed E-state index contributed by atoms with van der Waals surface area (Å²) in [6, 6.07) is 0. The third-order valence-corrected chi connectivity index (χ3v) is 3.59. The van der Waals surface area contributed by atoms with Crippen LogP contribution in [0.5, 0.6) is 0 Å². The largest absolute Gasteiger partial charge is 0.385 e. The molecule has 0 saturated heterocycles. The molecular weight excluding hydrogens is 447 g/mol. The van der Waals surface area contributed by atoms with Crippen molar-refractivity contribution in [2.75, 3.05) is 40.0 Å². The molecule has 1 aromatic heterocycles. The van der Waals surface area contributed by atoms with E-state index in [4.69, 9.17) is 9.47 Å². The highest BCUT2D eigenvalue weighted by Gasteiger charge is 2.05. The van der Waals surface area contributed by atoms with Crippen molar-refractivity contribution in [1.29, 1.82) is 0 Å². The third kappa shape index (κ3) is 10.9. The second-order valence-corrected chi connectivity index (χ2v) is 6.41. The van der Waals surface area contributed by atoms with E-state index in [1.165, 1.54) is 0 Å². The molecule has 0 fully saturated rings. The van der Waals surface area contributed by atoms with Gasteiger partial charge >= 0.3 is 0 Å². The molecule has 0 radical (unpaired) electrons. The number of hydrogen-bond acceptors (Lipinski definition) is 5. The van der Waals surface area contributed by atoms with Gasteiger partial charge in [0.2, 0.25) is 0 Å². The van der Waals surface area contributed by atoms with Crippen LogP contribution >= 0.6 is 24.0 Å². The van der Waals surface area contributed by atoms with E-state index in [2.05, 4.69) is 39.7 Å². The average molecular weight is 482 g/mol. The summed E-state index contributed by atoms with van der Waals surface area (Å²) in [5.74, 6) is 3.08. The number of halogens is 1. The molecule has 0 amide bonds. The minimum absolute atomic E-state index is 0. The van der Waals surface area contributed by atoms with Crippen LogP contribution in [0.3, 0.4) is 0 Å². The first-order valence-corrected chi connectivity index (χ1v) is 8.98. The fourth-order valence-corrected chi connectivity index (χ4v) is 2.04. The van der Waals surface area contributed by atoms with Gasteiger partial charge in [0.15, 0.2) is 11.8 Å². The predicted molar refractivity (Wildman–Crippen MR) is 115 cm³/mol. The van der Waals surface area contributed by atoms with Crippen molar-refractivity contribution in [2.24, 2.45) is 18.0 Å². The van der Waals surface area contributed by atoms with Crippen molar-refractivity contribution in [1.82, 2.24) is 25.4 Å². The number of aliphatic imine (C=N–C) groups is 1. The molecule has 0 aliphatic carbocycles. The second-order valence-electron chi connectivity index (χ2n) is 6.41. The Morgan fingerprint density at radius 2 is 1.81 bits per heavy atom. The summed E-state index contributed by atoms with van der Waals surface area (Å²) < 4.78 is 12.6. The topological polar surface area (TPSA) is 85.6 Å². The first-order chi connectivity index (χ1) is 12.0. The Morgan fingerprint density at radius 1 is 1.15 bits per heavy atom. The highest BCUT2D eigenvalue weighted by Crippen LogP contribution is 1.99. The molecule has 1 aromatic rings. The molecule has 0 aliphatic rings. The van der Waals surface area contributed by atoms with E-state index in [1.54, 1.807) is 7.11 Å². The van der Waals surface area contributed by atoms with Gasteiger partial charge in [-0.1, -0.05) is 13.8 Å². The smallest absolute Gasteiger partial charge is 0.191 e. The van der Waals surface area contributed by atoms with Gasteiger partial charge < -0.3 is 24.7 Å². The maximum absolute atomic E-state index is 5.60. The molecular formula is C17H35IN6O2. The fraction of sp³-hybridized carbons (Fsp3) is 0.824. The molecule has 0 unspecified atom stereocenters. The number of nitrogens with zero attached hydrogens (tertiary/aromatic N) is 4. The van der Waals surface area contributed by atoms with E-state index in [0.717, 1.165) is 63.4 Å². The highest BCUT2D eigenvalue weighted by molar-refractivity contribution is 14.0. The van der Waals surface area contributed by atoms with E-state index in [-0.39, 0.29) is 24.0 Å². The van der Waals surface area contributed by atoms with Crippen molar-refractivity contribution >= 4 is 29.9 Å². The molecule has 1 rings (SSSR count). The lowest BCUT2D eigenvalue weighted by molar-refractivity contribution is 0.108. The maximum atomic E-state index is 5.60. The molecule has 0 saturated carbocycles. The summed E-state index contributed by atoms with van der Waals surface area (Å²) in [6.45, 7) is 10.6. The summed E-state index contributed by atoms with van der Waals surface area (Å²) >= 11 is 0. The number of guanidine groups is 1. The van der Waals surface area contributed by atoms with E-state index >= 15 is 0 Å². The molecule has 0 aromatic carbocycles. The van der Waals surface area contributed by atoms with Crippen LogP contribution in [0.25, 0.3) is 0 Å². The van der Waals surface area contributed by atoms with Gasteiger partial charge in [0.05, 0.1) is 0 Å². The number of aryl methyl sites for hydroxylation is 1. The quantitative estimate of drug-likeness (QED) is 0.205. The number of aromatic nitrogens is 3. The van der Waals surface area contributed by atoms with E-state index in [9.17, 15) is 0 Å². The minimum Gasteiger partial charge on any atom is -0.385 e. The Labute approximate surface area is 174 Å². The fourth-order valence-electron chi connectivity index (χ4n) is 2.04. The lowest BCUT2D eigenvalue weighted by Gasteiger charge is -2.13. The van der Waals surface area contributed by atoms with Gasteiger partial charge in [-0.3, -0.25) is 0 Å². The van der Waals surface area contributed by atoms with Crippen LogP contribution in [0.4, 0.5) is 0 Å². The van der Waals surface area contributed by atoms with Crippen LogP contribution < -0.4 is 10.6 Å². The van der Waals surface area contributed by atoms with Crippen LogP contribution in [-0.2, 0) is 23.1 Å². The Morgan fingerprint density at radius 3 is 2.35 bits per heavy atom. The average Bonchev–Trinajstić information content (AvgIpc) is 2.90. The normalized spacial score (nSPS) is 11.5. The van der Waals surface area contributed by atoms with Gasteiger partial charge in [-0.15, -0.1) is 34.2 Å². The van der Waals surface area contributed by atoms with E-state index < -0.39 is 0 Å². The molecule has 0 atom stereocenters. The van der Waals surface area contributed by atoms with Crippen molar-refractivity contribution < 1.29 is 9.47 Å². The molecule has 1 heterocycles. The molecule has 9 heteroatoms. The zero-order chi connectivity index (χ0) is 18.5. The van der Waals surface area contributed by atoms with Gasteiger partial charge in [-0.25, -0.2) is 4.99 Å². The summed E-state index contributed by atoms with van der Waals surface area (Å²) in [7, 11) is 3.66. The van der Waals surface area contributed by atoms with E-state index in [1.807, 2.05) is 18.5 Å². The molecule has 0 bridgehead atoms. The minimum atomic E-state index is 0. The molecule has 0 spiro atoms. The van der Waals surface area contributed by atoms with Gasteiger partial charge in [0, 0.05) is 47.1 Å². The van der Waals surface area contributed by atoms with Crippen LogP contribution in [0.1, 0.15) is 38.3 Å². The Balaban J connectivity index is 0.00000625. The molecule has 152 valence electrons. The highest BCUT2D eigenvalue weighted by atomic mass is 127. The lowest BCUT2D eigenvalue weighted by Crippen LogP contribution is -2.39. The van der Waals surface area contributed by atoms with Gasteiger partial charge in [0.1, 0.15) is 12.4 Å². The van der Waals surface area contributed by atoms with Crippen molar-refractivity contribution in [3.05, 3.63) is 11.6 Å². The van der Waals surface area contributed by atoms with Crippen molar-refractivity contribution in [3.8, 4) is 0 Å². The Kier molecular flexibility index (Phi) is 14.6. The molecule has 0 aliphatic heterocycles. The van der Waals surface area contributed by atoms with Gasteiger partial charge in [-0.2, -0.15) is 0 Å². The lowest BCUT2D eigenvalue weighted by atomic mass is 10.2. The predicted octanol–water partition coefficient (Wildman–Crippen LogP) is 1.88. The summed E-state index contributed by atoms with van der Waals surface area (Å²) in [6.07, 6.45) is 1.87. The zero-order valence-electron chi connectivity index (χ0n) is 16.7. The van der Waals surface area contributed by atoms with Gasteiger partial charge in [-0.05, 0) is 25.7 Å². The van der Waals surface area contributed by atoms with Crippen LogP contribution in [0.2, 0.25) is 0 Å². The Bertz CT molecular complexity index is 507. The van der Waals surface area contributed by atoms with Crippen LogP contribution in [-0.4, -0.2) is 60.7 Å². The molecule has 8 nitrogen and oxygen atoms in total. The summed E-state index contributed by atoms with van der Waals surface area (Å²) in [5, 5.41) is 14.9. The summed E-state index contributed by atoms with van der Waals surface area (Å²) in [5.41, 5.74) is 0. The maximum Gasteiger partial charge on any atom is 0.191 e. The van der Waals surface area contributed by atoms with Crippen molar-refractivity contribution in [2.45, 2.75) is 40.2 Å². The van der Waals surface area contributed by atoms with Crippen LogP contribution in [0, 0.1) is 12.8 Å². The first kappa shape index (κ1) is 25.1. The molecule has 2 N–H and O–H groups in total. The Hall–Kier alpha value is -0.940. The summed E-state index contributed by atoms with van der Waals surface area (Å²) in [4.78, 5) is 4.60. The second kappa shape index (κ2) is 15.2. The third-order valence-electron chi connectivity index (χ3n) is 3.59. The number of rotatable bonds is 12. The first-order valence-electron chi connectivity index (χ1n) is 8.98. The standard InChI is InChI=1S/C17H34N6O2.HI/c1-14(2)13-25-11-7-9-19-17(18-8-6-10-24-5)20-12-16-22-21-15(3)23(16)4;/h14H,6-13H2,1-5H3,(H2,18,19,20);1H. The number of hydrogen-bond donors (Lipinski definition) is 2. The van der Waals surface area contributed by atoms with E-state index in [0.29, 0.717) is 12.5 Å². The van der Waals surface area contributed by atoms with Crippen molar-refractivity contribution in [3.63, 3.8) is 0 Å². The number of nitrogens with one attached hydrogen (secondary N) is 2. The van der Waals surface area contributed by atoms with Crippen LogP contribution in [0.15, 0.2) is 4.99 Å². The number of methoxy groups -OCH3 is 1. The monoisotopic (exact) mass is 482 g/mol. The number of ether oxygens (including phenoxy) is 2. The molecule has 26 heavy (non-hydrogen) atoms. The van der Waals surface area contributed by atoms with Gasteiger partial charge in [0.25, 0.3) is 0 Å².